The molecule has 1 N–H and O–H groups in total. The highest BCUT2D eigenvalue weighted by molar-refractivity contribution is 7.10. The molecule has 1 aromatic rings. The zero-order valence-corrected chi connectivity index (χ0v) is 12.3. The van der Waals surface area contributed by atoms with E-state index in [-0.39, 0.29) is 5.78 Å². The van der Waals surface area contributed by atoms with E-state index in [1.807, 2.05) is 6.92 Å². The fraction of sp³-hybridized carbons (Fsp3) is 0.714. The SMILES string of the molecule is CC(=O)c1c(C)nsc1NCC1CCCCC1C. The normalized spacial score (nSPS) is 23.9. The summed E-state index contributed by atoms with van der Waals surface area (Å²) in [4.78, 5) is 11.6. The summed E-state index contributed by atoms with van der Waals surface area (Å²) in [6.07, 6.45) is 5.36. The fourth-order valence-corrected chi connectivity index (χ4v) is 3.68. The Bertz CT molecular complexity index is 427. The first-order valence-electron chi connectivity index (χ1n) is 6.80. The maximum Gasteiger partial charge on any atom is 0.164 e. The number of hydrogen-bond donors (Lipinski definition) is 1. The zero-order chi connectivity index (χ0) is 13.1. The molecule has 0 aromatic carbocycles. The van der Waals surface area contributed by atoms with Gasteiger partial charge in [0.25, 0.3) is 0 Å². The molecule has 0 radical (unpaired) electrons. The van der Waals surface area contributed by atoms with E-state index in [9.17, 15) is 4.79 Å². The molecular formula is C14H22N2OS. The summed E-state index contributed by atoms with van der Waals surface area (Å²) in [5.41, 5.74) is 1.63. The van der Waals surface area contributed by atoms with E-state index in [1.54, 1.807) is 6.92 Å². The van der Waals surface area contributed by atoms with E-state index in [0.717, 1.165) is 34.6 Å². The zero-order valence-electron chi connectivity index (χ0n) is 11.5. The first kappa shape index (κ1) is 13.5. The lowest BCUT2D eigenvalue weighted by Gasteiger charge is -2.28. The van der Waals surface area contributed by atoms with Crippen LogP contribution in [0.4, 0.5) is 5.00 Å². The third-order valence-corrected chi connectivity index (χ3v) is 4.92. The van der Waals surface area contributed by atoms with Gasteiger partial charge in [0.15, 0.2) is 5.78 Å². The van der Waals surface area contributed by atoms with Crippen molar-refractivity contribution in [3.05, 3.63) is 11.3 Å². The highest BCUT2D eigenvalue weighted by Gasteiger charge is 2.22. The lowest BCUT2D eigenvalue weighted by atomic mass is 9.80. The van der Waals surface area contributed by atoms with Crippen LogP contribution in [0.15, 0.2) is 0 Å². The van der Waals surface area contributed by atoms with Crippen LogP contribution in [0.25, 0.3) is 0 Å². The van der Waals surface area contributed by atoms with Crippen LogP contribution in [-0.4, -0.2) is 16.7 Å². The predicted molar refractivity (Wildman–Crippen MR) is 76.5 cm³/mol. The second-order valence-electron chi connectivity index (χ2n) is 5.43. The van der Waals surface area contributed by atoms with Crippen molar-refractivity contribution in [1.82, 2.24) is 4.37 Å². The molecule has 0 saturated heterocycles. The number of anilines is 1. The quantitative estimate of drug-likeness (QED) is 0.841. The molecule has 100 valence electrons. The van der Waals surface area contributed by atoms with Crippen molar-refractivity contribution in [2.75, 3.05) is 11.9 Å². The minimum atomic E-state index is 0.112. The third kappa shape index (κ3) is 2.91. The molecule has 0 bridgehead atoms. The van der Waals surface area contributed by atoms with Crippen molar-refractivity contribution in [3.8, 4) is 0 Å². The number of hydrogen-bond acceptors (Lipinski definition) is 4. The van der Waals surface area contributed by atoms with E-state index in [4.69, 9.17) is 0 Å². The Hall–Kier alpha value is -0.900. The number of nitrogens with zero attached hydrogens (tertiary/aromatic N) is 1. The van der Waals surface area contributed by atoms with Gasteiger partial charge in [0.05, 0.1) is 11.3 Å². The molecule has 2 rings (SSSR count). The molecule has 1 aromatic heterocycles. The minimum Gasteiger partial charge on any atom is -0.375 e. The summed E-state index contributed by atoms with van der Waals surface area (Å²) < 4.78 is 4.28. The number of nitrogens with one attached hydrogen (secondary N) is 1. The molecule has 2 unspecified atom stereocenters. The van der Waals surface area contributed by atoms with Crippen molar-refractivity contribution in [2.24, 2.45) is 11.8 Å². The van der Waals surface area contributed by atoms with Gasteiger partial charge < -0.3 is 5.32 Å². The Morgan fingerprint density at radius 1 is 1.44 bits per heavy atom. The van der Waals surface area contributed by atoms with Gasteiger partial charge >= 0.3 is 0 Å². The summed E-state index contributed by atoms with van der Waals surface area (Å²) in [6, 6.07) is 0. The molecule has 0 aliphatic heterocycles. The number of ketones is 1. The van der Waals surface area contributed by atoms with Gasteiger partial charge in [0.2, 0.25) is 0 Å². The molecule has 0 spiro atoms. The Kier molecular flexibility index (Phi) is 4.38. The van der Waals surface area contributed by atoms with Gasteiger partial charge in [-0.25, -0.2) is 0 Å². The number of carbonyl (C=O) groups is 1. The number of rotatable bonds is 4. The molecule has 18 heavy (non-hydrogen) atoms. The van der Waals surface area contributed by atoms with Gasteiger partial charge in [-0.05, 0) is 43.6 Å². The summed E-state index contributed by atoms with van der Waals surface area (Å²) in [7, 11) is 0. The largest absolute Gasteiger partial charge is 0.375 e. The van der Waals surface area contributed by atoms with Crippen molar-refractivity contribution in [2.45, 2.75) is 46.5 Å². The van der Waals surface area contributed by atoms with Crippen LogP contribution in [-0.2, 0) is 0 Å². The number of aromatic nitrogens is 1. The molecular weight excluding hydrogens is 244 g/mol. The summed E-state index contributed by atoms with van der Waals surface area (Å²) in [5.74, 6) is 1.64. The number of carbonyl (C=O) groups excluding carboxylic acids is 1. The smallest absolute Gasteiger partial charge is 0.164 e. The van der Waals surface area contributed by atoms with Crippen LogP contribution in [0.3, 0.4) is 0 Å². The molecule has 0 amide bonds. The van der Waals surface area contributed by atoms with Crippen LogP contribution in [0.5, 0.6) is 0 Å². The first-order chi connectivity index (χ1) is 8.59. The number of Topliss-reactive ketones (excluding diaryl/α,β-unsaturated/α-hetero) is 1. The van der Waals surface area contributed by atoms with E-state index in [0.29, 0.717) is 0 Å². The maximum atomic E-state index is 11.6. The van der Waals surface area contributed by atoms with Gasteiger partial charge in [0.1, 0.15) is 5.00 Å². The highest BCUT2D eigenvalue weighted by atomic mass is 32.1. The van der Waals surface area contributed by atoms with Gasteiger partial charge in [-0.15, -0.1) is 0 Å². The summed E-state index contributed by atoms with van der Waals surface area (Å²) in [5, 5.41) is 4.41. The van der Waals surface area contributed by atoms with Crippen molar-refractivity contribution in [1.29, 1.82) is 0 Å². The van der Waals surface area contributed by atoms with E-state index < -0.39 is 0 Å². The average molecular weight is 266 g/mol. The van der Waals surface area contributed by atoms with Gasteiger partial charge in [-0.2, -0.15) is 4.37 Å². The predicted octanol–water partition coefficient (Wildman–Crippen LogP) is 3.89. The lowest BCUT2D eigenvalue weighted by Crippen LogP contribution is -2.24. The molecule has 1 aliphatic carbocycles. The van der Waals surface area contributed by atoms with Crippen LogP contribution in [0.2, 0.25) is 0 Å². The molecule has 1 aliphatic rings. The lowest BCUT2D eigenvalue weighted by molar-refractivity contribution is 0.101. The minimum absolute atomic E-state index is 0.112. The Balaban J connectivity index is 1.99. The average Bonchev–Trinajstić information content (AvgIpc) is 2.69. The van der Waals surface area contributed by atoms with Crippen molar-refractivity contribution < 1.29 is 4.79 Å². The Morgan fingerprint density at radius 3 is 2.83 bits per heavy atom. The summed E-state index contributed by atoms with van der Waals surface area (Å²) >= 11 is 1.41. The molecule has 1 saturated carbocycles. The molecule has 1 heterocycles. The highest BCUT2D eigenvalue weighted by Crippen LogP contribution is 2.31. The summed E-state index contributed by atoms with van der Waals surface area (Å²) in [6.45, 7) is 6.84. The van der Waals surface area contributed by atoms with Crippen LogP contribution >= 0.6 is 11.5 Å². The topological polar surface area (TPSA) is 42.0 Å². The van der Waals surface area contributed by atoms with Gasteiger partial charge in [-0.3, -0.25) is 4.79 Å². The van der Waals surface area contributed by atoms with E-state index in [2.05, 4.69) is 16.6 Å². The van der Waals surface area contributed by atoms with Crippen LogP contribution in [0, 0.1) is 18.8 Å². The standard InChI is InChI=1S/C14H22N2OS/c1-9-6-4-5-7-12(9)8-15-14-13(11(3)17)10(2)16-18-14/h9,12,15H,4-8H2,1-3H3. The van der Waals surface area contributed by atoms with Crippen molar-refractivity contribution >= 4 is 22.3 Å². The van der Waals surface area contributed by atoms with Gasteiger partial charge in [-0.1, -0.05) is 26.2 Å². The fourth-order valence-electron chi connectivity index (χ4n) is 2.83. The van der Waals surface area contributed by atoms with E-state index >= 15 is 0 Å². The van der Waals surface area contributed by atoms with Gasteiger partial charge in [0, 0.05) is 6.54 Å². The maximum absolute atomic E-state index is 11.6. The van der Waals surface area contributed by atoms with Crippen molar-refractivity contribution in [3.63, 3.8) is 0 Å². The third-order valence-electron chi connectivity index (χ3n) is 4.03. The monoisotopic (exact) mass is 266 g/mol. The Labute approximate surface area is 113 Å². The molecule has 2 atom stereocenters. The second kappa shape index (κ2) is 5.83. The first-order valence-corrected chi connectivity index (χ1v) is 7.58. The van der Waals surface area contributed by atoms with Crippen LogP contribution < -0.4 is 5.32 Å². The van der Waals surface area contributed by atoms with Crippen LogP contribution in [0.1, 0.15) is 55.6 Å². The molecule has 4 heteroatoms. The number of aryl methyl sites for hydroxylation is 1. The molecule has 3 nitrogen and oxygen atoms in total. The second-order valence-corrected chi connectivity index (χ2v) is 6.20. The molecule has 1 fully saturated rings. The Morgan fingerprint density at radius 2 is 2.17 bits per heavy atom. The van der Waals surface area contributed by atoms with E-state index in [1.165, 1.54) is 37.2 Å².